The number of fused-ring (bicyclic) bond motifs is 1. The lowest BCUT2D eigenvalue weighted by molar-refractivity contribution is 0.0967. The van der Waals surface area contributed by atoms with Gasteiger partial charge in [-0.15, -0.1) is 0 Å². The van der Waals surface area contributed by atoms with Crippen LogP contribution in [0.1, 0.15) is 28.8 Å². The van der Waals surface area contributed by atoms with Gasteiger partial charge in [-0.25, -0.2) is 4.98 Å². The van der Waals surface area contributed by atoms with Crippen LogP contribution in [-0.4, -0.2) is 10.8 Å². The molecule has 0 fully saturated rings. The second-order valence-corrected chi connectivity index (χ2v) is 2.91. The topological polar surface area (TPSA) is 30.0 Å². The van der Waals surface area contributed by atoms with Crippen LogP contribution in [0.25, 0.3) is 0 Å². The van der Waals surface area contributed by atoms with Crippen molar-refractivity contribution in [3.63, 3.8) is 0 Å². The quantitative estimate of drug-likeness (QED) is 0.548. The predicted octanol–water partition coefficient (Wildman–Crippen LogP) is 1.74. The lowest BCUT2D eigenvalue weighted by atomic mass is 9.92. The summed E-state index contributed by atoms with van der Waals surface area (Å²) < 4.78 is 13.0. The second-order valence-electron chi connectivity index (χ2n) is 2.91. The van der Waals surface area contributed by atoms with Gasteiger partial charge in [0.05, 0.1) is 5.56 Å². The number of halogens is 1. The number of nitrogens with zero attached hydrogens (tertiary/aromatic N) is 1. The molecule has 0 aromatic carbocycles. The molecule has 0 radical (unpaired) electrons. The highest BCUT2D eigenvalue weighted by atomic mass is 19.1. The Hall–Kier alpha value is -1.25. The Balaban J connectivity index is 2.60. The standard InChI is InChI=1S/C9H8FNO/c10-9-8-6(4-5-11-9)2-1-3-7(8)12/h4-5H,1-3H2. The molecule has 0 saturated carbocycles. The minimum Gasteiger partial charge on any atom is -0.294 e. The smallest absolute Gasteiger partial charge is 0.223 e. The van der Waals surface area contributed by atoms with Crippen molar-refractivity contribution in [2.75, 3.05) is 0 Å². The van der Waals surface area contributed by atoms with E-state index in [1.165, 1.54) is 6.20 Å². The van der Waals surface area contributed by atoms with Crippen LogP contribution in [0.2, 0.25) is 0 Å². The van der Waals surface area contributed by atoms with E-state index < -0.39 is 5.95 Å². The van der Waals surface area contributed by atoms with Crippen LogP contribution < -0.4 is 0 Å². The van der Waals surface area contributed by atoms with E-state index in [4.69, 9.17) is 0 Å². The molecule has 12 heavy (non-hydrogen) atoms. The second kappa shape index (κ2) is 2.66. The maximum atomic E-state index is 13.0. The first-order valence-electron chi connectivity index (χ1n) is 3.95. The van der Waals surface area contributed by atoms with E-state index in [2.05, 4.69) is 4.98 Å². The monoisotopic (exact) mass is 165 g/mol. The lowest BCUT2D eigenvalue weighted by Gasteiger charge is -2.13. The maximum absolute atomic E-state index is 13.0. The van der Waals surface area contributed by atoms with Gasteiger partial charge >= 0.3 is 0 Å². The van der Waals surface area contributed by atoms with E-state index in [9.17, 15) is 9.18 Å². The molecule has 3 heteroatoms. The van der Waals surface area contributed by atoms with Gasteiger partial charge in [0.2, 0.25) is 5.95 Å². The third kappa shape index (κ3) is 1.02. The molecule has 1 aliphatic rings. The number of aromatic nitrogens is 1. The summed E-state index contributed by atoms with van der Waals surface area (Å²) in [4.78, 5) is 14.7. The zero-order chi connectivity index (χ0) is 8.55. The molecule has 0 saturated heterocycles. The highest BCUT2D eigenvalue weighted by molar-refractivity contribution is 5.98. The summed E-state index contributed by atoms with van der Waals surface area (Å²) in [5.41, 5.74) is 1.02. The summed E-state index contributed by atoms with van der Waals surface area (Å²) in [6.07, 6.45) is 3.48. The minimum absolute atomic E-state index is 0.109. The molecule has 62 valence electrons. The van der Waals surface area contributed by atoms with Gasteiger partial charge in [0.15, 0.2) is 5.78 Å². The summed E-state index contributed by atoms with van der Waals surface area (Å²) in [5, 5.41) is 0. The molecule has 0 bridgehead atoms. The van der Waals surface area contributed by atoms with Gasteiger partial charge in [0, 0.05) is 12.6 Å². The van der Waals surface area contributed by atoms with Crippen LogP contribution in [0.15, 0.2) is 12.3 Å². The van der Waals surface area contributed by atoms with Gasteiger partial charge in [0.25, 0.3) is 0 Å². The predicted molar refractivity (Wildman–Crippen MR) is 41.5 cm³/mol. The molecule has 0 N–H and O–H groups in total. The third-order valence-electron chi connectivity index (χ3n) is 2.12. The van der Waals surface area contributed by atoms with Gasteiger partial charge < -0.3 is 0 Å². The summed E-state index contributed by atoms with van der Waals surface area (Å²) in [6.45, 7) is 0. The molecule has 0 aliphatic heterocycles. The molecule has 1 aromatic rings. The Morgan fingerprint density at radius 2 is 2.25 bits per heavy atom. The lowest BCUT2D eigenvalue weighted by Crippen LogP contribution is -2.13. The average Bonchev–Trinajstić information content (AvgIpc) is 2.04. The molecule has 1 aromatic heterocycles. The number of carbonyl (C=O) groups excluding carboxylic acids is 1. The zero-order valence-electron chi connectivity index (χ0n) is 6.51. The summed E-state index contributed by atoms with van der Waals surface area (Å²) in [6, 6.07) is 1.72. The minimum atomic E-state index is -0.614. The van der Waals surface area contributed by atoms with Crippen molar-refractivity contribution in [1.29, 1.82) is 0 Å². The fraction of sp³-hybridized carbons (Fsp3) is 0.333. The molecular weight excluding hydrogens is 157 g/mol. The zero-order valence-corrected chi connectivity index (χ0v) is 6.51. The molecule has 1 aliphatic carbocycles. The first-order valence-corrected chi connectivity index (χ1v) is 3.95. The van der Waals surface area contributed by atoms with Crippen molar-refractivity contribution in [3.05, 3.63) is 29.3 Å². The van der Waals surface area contributed by atoms with Crippen LogP contribution in [-0.2, 0) is 6.42 Å². The number of hydrogen-bond donors (Lipinski definition) is 0. The van der Waals surface area contributed by atoms with Crippen molar-refractivity contribution < 1.29 is 9.18 Å². The fourth-order valence-corrected chi connectivity index (χ4v) is 1.54. The van der Waals surface area contributed by atoms with Crippen molar-refractivity contribution in [1.82, 2.24) is 4.98 Å². The summed E-state index contributed by atoms with van der Waals surface area (Å²) in [7, 11) is 0. The van der Waals surface area contributed by atoms with Crippen LogP contribution in [0.5, 0.6) is 0 Å². The molecular formula is C9H8FNO. The Labute approximate surface area is 69.4 Å². The Kier molecular flexibility index (Phi) is 1.64. The van der Waals surface area contributed by atoms with E-state index in [0.29, 0.717) is 6.42 Å². The highest BCUT2D eigenvalue weighted by Gasteiger charge is 2.21. The van der Waals surface area contributed by atoms with Gasteiger partial charge in [0.1, 0.15) is 0 Å². The molecule has 0 amide bonds. The molecule has 1 heterocycles. The van der Waals surface area contributed by atoms with E-state index in [-0.39, 0.29) is 11.3 Å². The van der Waals surface area contributed by atoms with E-state index >= 15 is 0 Å². The van der Waals surface area contributed by atoms with Crippen LogP contribution in [0.4, 0.5) is 4.39 Å². The first-order chi connectivity index (χ1) is 5.79. The Morgan fingerprint density at radius 1 is 1.42 bits per heavy atom. The van der Waals surface area contributed by atoms with Crippen molar-refractivity contribution >= 4 is 5.78 Å². The van der Waals surface area contributed by atoms with Crippen LogP contribution >= 0.6 is 0 Å². The number of Topliss-reactive ketones (excluding diaryl/α,β-unsaturated/α-hetero) is 1. The van der Waals surface area contributed by atoms with E-state index in [1.54, 1.807) is 6.07 Å². The normalized spacial score (nSPS) is 15.9. The van der Waals surface area contributed by atoms with E-state index in [1.807, 2.05) is 0 Å². The van der Waals surface area contributed by atoms with Gasteiger partial charge in [-0.1, -0.05) is 0 Å². The fourth-order valence-electron chi connectivity index (χ4n) is 1.54. The Morgan fingerprint density at radius 3 is 3.00 bits per heavy atom. The summed E-state index contributed by atoms with van der Waals surface area (Å²) >= 11 is 0. The van der Waals surface area contributed by atoms with Crippen molar-refractivity contribution in [2.24, 2.45) is 0 Å². The third-order valence-corrected chi connectivity index (χ3v) is 2.12. The van der Waals surface area contributed by atoms with Crippen LogP contribution in [0.3, 0.4) is 0 Å². The molecule has 0 unspecified atom stereocenters. The molecule has 0 atom stereocenters. The average molecular weight is 165 g/mol. The number of ketones is 1. The highest BCUT2D eigenvalue weighted by Crippen LogP contribution is 2.21. The van der Waals surface area contributed by atoms with Crippen molar-refractivity contribution in [2.45, 2.75) is 19.3 Å². The SMILES string of the molecule is O=C1CCCc2ccnc(F)c21. The van der Waals surface area contributed by atoms with E-state index in [0.717, 1.165) is 18.4 Å². The first kappa shape index (κ1) is 7.40. The van der Waals surface area contributed by atoms with Crippen molar-refractivity contribution in [3.8, 4) is 0 Å². The number of pyridine rings is 1. The van der Waals surface area contributed by atoms with Gasteiger partial charge in [-0.2, -0.15) is 4.39 Å². The number of carbonyl (C=O) groups is 1. The van der Waals surface area contributed by atoms with Crippen LogP contribution in [0, 0.1) is 5.95 Å². The molecule has 0 spiro atoms. The maximum Gasteiger partial charge on any atom is 0.223 e. The van der Waals surface area contributed by atoms with Gasteiger partial charge in [-0.05, 0) is 24.5 Å². The largest absolute Gasteiger partial charge is 0.294 e. The summed E-state index contributed by atoms with van der Waals surface area (Å²) in [5.74, 6) is -0.723. The molecule has 2 nitrogen and oxygen atoms in total. The number of hydrogen-bond acceptors (Lipinski definition) is 2. The molecule has 2 rings (SSSR count). The van der Waals surface area contributed by atoms with Gasteiger partial charge in [-0.3, -0.25) is 4.79 Å². The number of aryl methyl sites for hydroxylation is 1. The number of rotatable bonds is 0. The Bertz CT molecular complexity index is 335.